The zero-order chi connectivity index (χ0) is 14.3. The first kappa shape index (κ1) is 13.7. The van der Waals surface area contributed by atoms with Crippen LogP contribution in [0.4, 0.5) is 4.79 Å². The number of amides is 3. The molecule has 3 amide bonds. The SMILES string of the molecule is CC1(N)CCCCC1C(=O)N1CCN2C(=O)NCC2C1. The molecule has 0 aromatic heterocycles. The topological polar surface area (TPSA) is 78.7 Å². The molecule has 2 aliphatic heterocycles. The quantitative estimate of drug-likeness (QED) is 0.716. The van der Waals surface area contributed by atoms with Crippen LogP contribution in [0.1, 0.15) is 32.6 Å². The van der Waals surface area contributed by atoms with Gasteiger partial charge in [0.25, 0.3) is 0 Å². The van der Waals surface area contributed by atoms with Crippen molar-refractivity contribution >= 4 is 11.9 Å². The summed E-state index contributed by atoms with van der Waals surface area (Å²) in [5.74, 6) is 0.126. The maximum Gasteiger partial charge on any atom is 0.317 e. The maximum atomic E-state index is 12.8. The van der Waals surface area contributed by atoms with E-state index in [1.807, 2.05) is 16.7 Å². The number of nitrogens with two attached hydrogens (primary N) is 1. The van der Waals surface area contributed by atoms with Crippen molar-refractivity contribution in [2.24, 2.45) is 11.7 Å². The largest absolute Gasteiger partial charge is 0.338 e. The number of fused-ring (bicyclic) bond motifs is 1. The van der Waals surface area contributed by atoms with Gasteiger partial charge in [-0.3, -0.25) is 4.79 Å². The van der Waals surface area contributed by atoms with Gasteiger partial charge in [-0.05, 0) is 19.8 Å². The Kier molecular flexibility index (Phi) is 3.36. The minimum atomic E-state index is -0.379. The van der Waals surface area contributed by atoms with Gasteiger partial charge in [-0.25, -0.2) is 4.79 Å². The molecular formula is C14H24N4O2. The Bertz CT molecular complexity index is 423. The zero-order valence-electron chi connectivity index (χ0n) is 12.1. The number of urea groups is 1. The lowest BCUT2D eigenvalue weighted by atomic mass is 9.74. The van der Waals surface area contributed by atoms with Gasteiger partial charge in [0.1, 0.15) is 0 Å². The van der Waals surface area contributed by atoms with Crippen molar-refractivity contribution in [3.05, 3.63) is 0 Å². The van der Waals surface area contributed by atoms with Gasteiger partial charge in [0.2, 0.25) is 5.91 Å². The van der Waals surface area contributed by atoms with E-state index in [1.54, 1.807) is 0 Å². The second-order valence-corrected chi connectivity index (χ2v) is 6.62. The van der Waals surface area contributed by atoms with Crippen LogP contribution in [0.15, 0.2) is 0 Å². The zero-order valence-corrected chi connectivity index (χ0v) is 12.1. The van der Waals surface area contributed by atoms with Gasteiger partial charge in [0, 0.05) is 31.7 Å². The second kappa shape index (κ2) is 4.91. The van der Waals surface area contributed by atoms with E-state index in [1.165, 1.54) is 0 Å². The average molecular weight is 280 g/mol. The Morgan fingerprint density at radius 1 is 1.40 bits per heavy atom. The van der Waals surface area contributed by atoms with Gasteiger partial charge in [-0.2, -0.15) is 0 Å². The monoisotopic (exact) mass is 280 g/mol. The number of hydrogen-bond acceptors (Lipinski definition) is 3. The average Bonchev–Trinajstić information content (AvgIpc) is 2.79. The number of piperazine rings is 1. The summed E-state index contributed by atoms with van der Waals surface area (Å²) < 4.78 is 0. The highest BCUT2D eigenvalue weighted by molar-refractivity contribution is 5.82. The van der Waals surface area contributed by atoms with Crippen LogP contribution in [0.5, 0.6) is 0 Å². The third kappa shape index (κ3) is 2.26. The summed E-state index contributed by atoms with van der Waals surface area (Å²) in [5, 5.41) is 2.84. The van der Waals surface area contributed by atoms with Gasteiger partial charge in [-0.1, -0.05) is 12.8 Å². The number of carbonyl (C=O) groups is 2. The summed E-state index contributed by atoms with van der Waals surface area (Å²) in [5.41, 5.74) is 5.96. The van der Waals surface area contributed by atoms with Gasteiger partial charge >= 0.3 is 6.03 Å². The van der Waals surface area contributed by atoms with Gasteiger partial charge in [0.05, 0.1) is 12.0 Å². The fraction of sp³-hybridized carbons (Fsp3) is 0.857. The summed E-state index contributed by atoms with van der Waals surface area (Å²) in [4.78, 5) is 28.1. The van der Waals surface area contributed by atoms with E-state index in [0.717, 1.165) is 25.7 Å². The fourth-order valence-corrected chi connectivity index (χ4v) is 3.79. The number of nitrogens with one attached hydrogen (secondary N) is 1. The van der Waals surface area contributed by atoms with Crippen molar-refractivity contribution in [3.8, 4) is 0 Å². The molecule has 1 aliphatic carbocycles. The van der Waals surface area contributed by atoms with E-state index < -0.39 is 0 Å². The molecule has 6 heteroatoms. The summed E-state index contributed by atoms with van der Waals surface area (Å²) >= 11 is 0. The van der Waals surface area contributed by atoms with Crippen LogP contribution in [0, 0.1) is 5.92 Å². The highest BCUT2D eigenvalue weighted by Gasteiger charge is 2.43. The van der Waals surface area contributed by atoms with Crippen molar-refractivity contribution in [2.75, 3.05) is 26.2 Å². The molecular weight excluding hydrogens is 256 g/mol. The van der Waals surface area contributed by atoms with E-state index >= 15 is 0 Å². The Hall–Kier alpha value is -1.30. The molecule has 3 fully saturated rings. The number of rotatable bonds is 1. The van der Waals surface area contributed by atoms with Crippen molar-refractivity contribution in [1.29, 1.82) is 0 Å². The van der Waals surface area contributed by atoms with Gasteiger partial charge in [-0.15, -0.1) is 0 Å². The van der Waals surface area contributed by atoms with Crippen LogP contribution in [0.3, 0.4) is 0 Å². The highest BCUT2D eigenvalue weighted by atomic mass is 16.2. The number of hydrogen-bond donors (Lipinski definition) is 2. The smallest absolute Gasteiger partial charge is 0.317 e. The lowest BCUT2D eigenvalue weighted by Gasteiger charge is -2.43. The Morgan fingerprint density at radius 2 is 2.20 bits per heavy atom. The molecule has 3 atom stereocenters. The molecule has 20 heavy (non-hydrogen) atoms. The third-order valence-corrected chi connectivity index (χ3v) is 5.10. The molecule has 2 heterocycles. The Labute approximate surface area is 119 Å². The summed E-state index contributed by atoms with van der Waals surface area (Å²) in [6, 6.07) is 0.135. The lowest BCUT2D eigenvalue weighted by Crippen LogP contribution is -2.59. The van der Waals surface area contributed by atoms with Crippen molar-refractivity contribution in [3.63, 3.8) is 0 Å². The summed E-state index contributed by atoms with van der Waals surface area (Å²) in [7, 11) is 0. The molecule has 0 radical (unpaired) electrons. The van der Waals surface area contributed by atoms with Crippen LogP contribution in [0.25, 0.3) is 0 Å². The van der Waals surface area contributed by atoms with E-state index in [9.17, 15) is 9.59 Å². The highest BCUT2D eigenvalue weighted by Crippen LogP contribution is 2.33. The Morgan fingerprint density at radius 3 is 2.95 bits per heavy atom. The molecule has 6 nitrogen and oxygen atoms in total. The normalized spacial score (nSPS) is 37.6. The van der Waals surface area contributed by atoms with Crippen molar-refractivity contribution in [1.82, 2.24) is 15.1 Å². The minimum Gasteiger partial charge on any atom is -0.338 e. The molecule has 2 saturated heterocycles. The first-order valence-corrected chi connectivity index (χ1v) is 7.61. The van der Waals surface area contributed by atoms with Crippen LogP contribution in [-0.2, 0) is 4.79 Å². The first-order chi connectivity index (χ1) is 9.49. The first-order valence-electron chi connectivity index (χ1n) is 7.61. The van der Waals surface area contributed by atoms with Crippen LogP contribution in [0.2, 0.25) is 0 Å². The standard InChI is InChI=1S/C14H24N4O2/c1-14(15)5-3-2-4-11(14)12(19)17-6-7-18-10(9-17)8-16-13(18)20/h10-11H,2-9,15H2,1H3,(H,16,20). The molecule has 3 rings (SSSR count). The van der Waals surface area contributed by atoms with E-state index in [-0.39, 0.29) is 29.4 Å². The fourth-order valence-electron chi connectivity index (χ4n) is 3.79. The molecule has 0 spiro atoms. The predicted molar refractivity (Wildman–Crippen MR) is 75.0 cm³/mol. The van der Waals surface area contributed by atoms with E-state index in [2.05, 4.69) is 5.32 Å². The number of nitrogens with zero attached hydrogens (tertiary/aromatic N) is 2. The van der Waals surface area contributed by atoms with E-state index in [0.29, 0.717) is 26.2 Å². The number of carbonyl (C=O) groups excluding carboxylic acids is 2. The van der Waals surface area contributed by atoms with Gasteiger partial charge < -0.3 is 20.9 Å². The summed E-state index contributed by atoms with van der Waals surface area (Å²) in [6.07, 6.45) is 4.03. The van der Waals surface area contributed by atoms with Gasteiger partial charge in [0.15, 0.2) is 0 Å². The molecule has 0 aromatic rings. The second-order valence-electron chi connectivity index (χ2n) is 6.62. The van der Waals surface area contributed by atoms with Crippen molar-refractivity contribution < 1.29 is 9.59 Å². The molecule has 0 bridgehead atoms. The lowest BCUT2D eigenvalue weighted by molar-refractivity contribution is -0.141. The molecule has 3 aliphatic rings. The molecule has 3 N–H and O–H groups in total. The maximum absolute atomic E-state index is 12.8. The molecule has 3 unspecified atom stereocenters. The van der Waals surface area contributed by atoms with E-state index in [4.69, 9.17) is 5.73 Å². The molecule has 0 aromatic carbocycles. The van der Waals surface area contributed by atoms with Crippen molar-refractivity contribution in [2.45, 2.75) is 44.2 Å². The summed E-state index contributed by atoms with van der Waals surface area (Å²) in [6.45, 7) is 4.56. The van der Waals surface area contributed by atoms with Crippen LogP contribution < -0.4 is 11.1 Å². The van der Waals surface area contributed by atoms with Crippen LogP contribution >= 0.6 is 0 Å². The third-order valence-electron chi connectivity index (χ3n) is 5.10. The van der Waals surface area contributed by atoms with Crippen LogP contribution in [-0.4, -0.2) is 59.5 Å². The Balaban J connectivity index is 1.67. The predicted octanol–water partition coefficient (Wildman–Crippen LogP) is 0.130. The molecule has 1 saturated carbocycles. The molecule has 112 valence electrons. The minimum absolute atomic E-state index is 0.00317.